The van der Waals surface area contributed by atoms with E-state index < -0.39 is 6.04 Å². The molecule has 0 spiro atoms. The van der Waals surface area contributed by atoms with E-state index in [0.29, 0.717) is 21.5 Å². The molecule has 1 heterocycles. The van der Waals surface area contributed by atoms with Gasteiger partial charge >= 0.3 is 0 Å². The summed E-state index contributed by atoms with van der Waals surface area (Å²) in [7, 11) is 0. The second-order valence-corrected chi connectivity index (χ2v) is 6.96. The van der Waals surface area contributed by atoms with Gasteiger partial charge in [-0.2, -0.15) is 0 Å². The first kappa shape index (κ1) is 18.5. The number of nitrogens with one attached hydrogen (secondary N) is 1. The normalized spacial score (nSPS) is 12.0. The quantitative estimate of drug-likeness (QED) is 0.412. The third kappa shape index (κ3) is 4.16. The van der Waals surface area contributed by atoms with Crippen LogP contribution in [0.3, 0.4) is 0 Å². The Balaban J connectivity index is 1.70. The molecule has 4 nitrogen and oxygen atoms in total. The van der Waals surface area contributed by atoms with Crippen molar-refractivity contribution >= 4 is 28.9 Å². The number of nitrogens with zero attached hydrogens (tertiary/aromatic N) is 2. The summed E-state index contributed by atoms with van der Waals surface area (Å²) >= 11 is 12.0. The maximum atomic E-state index is 13.5. The molecule has 0 aliphatic heterocycles. The number of hydrogen-bond acceptors (Lipinski definition) is 4. The molecule has 4 aromatic rings. The van der Waals surface area contributed by atoms with Crippen molar-refractivity contribution in [1.82, 2.24) is 10.2 Å². The van der Waals surface area contributed by atoms with Crippen LogP contribution in [0.5, 0.6) is 0 Å². The van der Waals surface area contributed by atoms with E-state index in [1.807, 2.05) is 24.3 Å². The van der Waals surface area contributed by atoms with Crippen LogP contribution >= 0.6 is 23.2 Å². The van der Waals surface area contributed by atoms with E-state index in [0.717, 1.165) is 11.3 Å². The number of anilines is 1. The molecule has 0 bridgehead atoms. The highest BCUT2D eigenvalue weighted by Crippen LogP contribution is 2.29. The molecule has 140 valence electrons. The van der Waals surface area contributed by atoms with Crippen LogP contribution in [0.1, 0.15) is 17.5 Å². The fourth-order valence-corrected chi connectivity index (χ4v) is 3.00. The van der Waals surface area contributed by atoms with Gasteiger partial charge in [-0.05, 0) is 60.2 Å². The van der Waals surface area contributed by atoms with Crippen molar-refractivity contribution in [3.05, 3.63) is 100 Å². The molecule has 7 heteroatoms. The van der Waals surface area contributed by atoms with Crippen molar-refractivity contribution in [2.45, 2.75) is 6.04 Å². The molecule has 3 aromatic carbocycles. The lowest BCUT2D eigenvalue weighted by Crippen LogP contribution is -2.12. The first-order valence-electron chi connectivity index (χ1n) is 8.45. The Morgan fingerprint density at radius 1 is 0.857 bits per heavy atom. The molecule has 4 rings (SSSR count). The van der Waals surface area contributed by atoms with Gasteiger partial charge in [0.2, 0.25) is 11.8 Å². The van der Waals surface area contributed by atoms with Crippen molar-refractivity contribution in [3.63, 3.8) is 0 Å². The third-order valence-corrected chi connectivity index (χ3v) is 4.62. The molecule has 0 fully saturated rings. The van der Waals surface area contributed by atoms with E-state index in [-0.39, 0.29) is 11.7 Å². The van der Waals surface area contributed by atoms with Crippen LogP contribution in [-0.2, 0) is 0 Å². The number of halogens is 3. The van der Waals surface area contributed by atoms with Gasteiger partial charge in [-0.15, -0.1) is 10.2 Å². The Bertz CT molecular complexity index is 1080. The highest BCUT2D eigenvalue weighted by molar-refractivity contribution is 6.30. The molecular weight excluding hydrogens is 400 g/mol. The minimum Gasteiger partial charge on any atom is -0.418 e. The first-order chi connectivity index (χ1) is 13.6. The number of benzene rings is 3. The van der Waals surface area contributed by atoms with E-state index in [1.165, 1.54) is 12.1 Å². The molecule has 0 amide bonds. The summed E-state index contributed by atoms with van der Waals surface area (Å²) in [4.78, 5) is 0. The number of rotatable bonds is 5. The highest BCUT2D eigenvalue weighted by Gasteiger charge is 2.22. The number of hydrogen-bond donors (Lipinski definition) is 1. The maximum absolute atomic E-state index is 13.5. The van der Waals surface area contributed by atoms with Gasteiger partial charge in [0.05, 0.1) is 0 Å². The van der Waals surface area contributed by atoms with Gasteiger partial charge in [0.25, 0.3) is 0 Å². The fraction of sp³-hybridized carbons (Fsp3) is 0.0476. The van der Waals surface area contributed by atoms with E-state index in [2.05, 4.69) is 15.5 Å². The van der Waals surface area contributed by atoms with Crippen molar-refractivity contribution < 1.29 is 8.81 Å². The van der Waals surface area contributed by atoms with Crippen LogP contribution in [0.2, 0.25) is 10.0 Å². The van der Waals surface area contributed by atoms with Gasteiger partial charge in [-0.3, -0.25) is 0 Å². The lowest BCUT2D eigenvalue weighted by molar-refractivity contribution is 0.493. The molecule has 1 atom stereocenters. The van der Waals surface area contributed by atoms with Crippen molar-refractivity contribution in [2.24, 2.45) is 0 Å². The SMILES string of the molecule is Fc1cccc(-c2nnc([C@@H](Nc3ccc(Cl)cc3)c3ccc(Cl)cc3)o2)c1. The summed E-state index contributed by atoms with van der Waals surface area (Å²) in [6.45, 7) is 0. The molecule has 28 heavy (non-hydrogen) atoms. The van der Waals surface area contributed by atoms with Crippen molar-refractivity contribution in [1.29, 1.82) is 0 Å². The van der Waals surface area contributed by atoms with Crippen LogP contribution < -0.4 is 5.32 Å². The molecule has 0 saturated heterocycles. The van der Waals surface area contributed by atoms with Gasteiger partial charge in [-0.25, -0.2) is 4.39 Å². The van der Waals surface area contributed by atoms with Crippen molar-refractivity contribution in [3.8, 4) is 11.5 Å². The van der Waals surface area contributed by atoms with Gasteiger partial charge < -0.3 is 9.73 Å². The topological polar surface area (TPSA) is 51.0 Å². The van der Waals surface area contributed by atoms with E-state index >= 15 is 0 Å². The summed E-state index contributed by atoms with van der Waals surface area (Å²) < 4.78 is 19.4. The average molecular weight is 414 g/mol. The molecule has 0 aliphatic carbocycles. The molecular formula is C21H14Cl2FN3O. The Labute approximate surface area is 170 Å². The highest BCUT2D eigenvalue weighted by atomic mass is 35.5. The first-order valence-corrected chi connectivity index (χ1v) is 9.21. The Morgan fingerprint density at radius 2 is 1.54 bits per heavy atom. The predicted octanol–water partition coefficient (Wildman–Crippen LogP) is 6.38. The zero-order valence-corrected chi connectivity index (χ0v) is 16.0. The van der Waals surface area contributed by atoms with E-state index in [1.54, 1.807) is 36.4 Å². The van der Waals surface area contributed by atoms with Gasteiger partial charge in [0, 0.05) is 21.3 Å². The van der Waals surface area contributed by atoms with E-state index in [9.17, 15) is 4.39 Å². The molecule has 0 aliphatic rings. The summed E-state index contributed by atoms with van der Waals surface area (Å²) in [6.07, 6.45) is 0. The van der Waals surface area contributed by atoms with Crippen LogP contribution in [-0.4, -0.2) is 10.2 Å². The fourth-order valence-electron chi connectivity index (χ4n) is 2.75. The lowest BCUT2D eigenvalue weighted by Gasteiger charge is -2.17. The second-order valence-electron chi connectivity index (χ2n) is 6.09. The molecule has 1 aromatic heterocycles. The molecule has 0 saturated carbocycles. The van der Waals surface area contributed by atoms with Crippen molar-refractivity contribution in [2.75, 3.05) is 5.32 Å². The summed E-state index contributed by atoms with van der Waals surface area (Å²) in [6, 6.07) is 20.2. The van der Waals surface area contributed by atoms with Gasteiger partial charge in [0.15, 0.2) is 0 Å². The lowest BCUT2D eigenvalue weighted by atomic mass is 10.1. The number of aromatic nitrogens is 2. The van der Waals surface area contributed by atoms with Crippen LogP contribution in [0.4, 0.5) is 10.1 Å². The summed E-state index contributed by atoms with van der Waals surface area (Å²) in [5, 5.41) is 12.9. The Hall–Kier alpha value is -2.89. The smallest absolute Gasteiger partial charge is 0.247 e. The Kier molecular flexibility index (Phi) is 5.28. The molecule has 1 N–H and O–H groups in total. The zero-order valence-electron chi connectivity index (χ0n) is 14.4. The van der Waals surface area contributed by atoms with Crippen LogP contribution in [0.25, 0.3) is 11.5 Å². The largest absolute Gasteiger partial charge is 0.418 e. The van der Waals surface area contributed by atoms with Crippen LogP contribution in [0, 0.1) is 5.82 Å². The predicted molar refractivity (Wildman–Crippen MR) is 108 cm³/mol. The van der Waals surface area contributed by atoms with Gasteiger partial charge in [0.1, 0.15) is 11.9 Å². The molecule has 0 unspecified atom stereocenters. The summed E-state index contributed by atoms with van der Waals surface area (Å²) in [5.74, 6) is 0.216. The minimum atomic E-state index is -0.423. The summed E-state index contributed by atoms with van der Waals surface area (Å²) in [5.41, 5.74) is 2.23. The third-order valence-electron chi connectivity index (χ3n) is 4.12. The maximum Gasteiger partial charge on any atom is 0.247 e. The van der Waals surface area contributed by atoms with Gasteiger partial charge in [-0.1, -0.05) is 41.4 Å². The Morgan fingerprint density at radius 3 is 2.21 bits per heavy atom. The zero-order chi connectivity index (χ0) is 19.5. The van der Waals surface area contributed by atoms with Crippen LogP contribution in [0.15, 0.2) is 77.2 Å². The standard InChI is InChI=1S/C21H14Cl2FN3O/c22-15-6-4-13(5-7-15)19(25-18-10-8-16(23)9-11-18)21-27-26-20(28-21)14-2-1-3-17(24)12-14/h1-12,19,25H/t19-/m0/s1. The average Bonchev–Trinajstić information content (AvgIpc) is 3.18. The molecule has 0 radical (unpaired) electrons. The van der Waals surface area contributed by atoms with E-state index in [4.69, 9.17) is 27.6 Å². The minimum absolute atomic E-state index is 0.242. The second kappa shape index (κ2) is 8.00. The monoisotopic (exact) mass is 413 g/mol.